The first-order chi connectivity index (χ1) is 11.5. The third-order valence-electron chi connectivity index (χ3n) is 3.78. The fraction of sp³-hybridized carbons (Fsp3) is 0.500. The summed E-state index contributed by atoms with van der Waals surface area (Å²) in [5, 5.41) is 6.57. The molecule has 1 aromatic rings. The number of ether oxygens (including phenoxy) is 1. The maximum Gasteiger partial charge on any atom is 0.329 e. The molecule has 6 heteroatoms. The summed E-state index contributed by atoms with van der Waals surface area (Å²) in [5.41, 5.74) is 3.06. The van der Waals surface area contributed by atoms with Gasteiger partial charge in [-0.2, -0.15) is 5.10 Å². The minimum Gasteiger partial charge on any atom is -0.491 e. The predicted octanol–water partition coefficient (Wildman–Crippen LogP) is 2.37. The van der Waals surface area contributed by atoms with E-state index in [2.05, 4.69) is 15.8 Å². The van der Waals surface area contributed by atoms with E-state index >= 15 is 0 Å². The van der Waals surface area contributed by atoms with Crippen molar-refractivity contribution in [3.05, 3.63) is 29.8 Å². The van der Waals surface area contributed by atoms with Gasteiger partial charge in [-0.05, 0) is 56.5 Å². The molecule has 0 aromatic heterocycles. The first-order valence-electron chi connectivity index (χ1n) is 8.45. The number of hydrogen-bond donors (Lipinski definition) is 2. The minimum absolute atomic E-state index is 0.106. The Labute approximate surface area is 142 Å². The molecule has 0 saturated heterocycles. The number of hydrazone groups is 1. The SMILES string of the molecule is CC(C)Oc1ccc(/C=N\NC(=O)C(=O)NC2CCCCC2)cc1. The van der Waals surface area contributed by atoms with Crippen LogP contribution in [0.4, 0.5) is 0 Å². The van der Waals surface area contributed by atoms with Gasteiger partial charge in [-0.1, -0.05) is 19.3 Å². The van der Waals surface area contributed by atoms with Gasteiger partial charge in [-0.3, -0.25) is 9.59 Å². The number of rotatable bonds is 5. The van der Waals surface area contributed by atoms with Crippen LogP contribution in [0.1, 0.15) is 51.5 Å². The van der Waals surface area contributed by atoms with Gasteiger partial charge in [0.05, 0.1) is 12.3 Å². The Morgan fingerprint density at radius 2 is 1.79 bits per heavy atom. The third-order valence-corrected chi connectivity index (χ3v) is 3.78. The maximum absolute atomic E-state index is 11.8. The van der Waals surface area contributed by atoms with Gasteiger partial charge in [0.1, 0.15) is 5.75 Å². The molecule has 2 rings (SSSR count). The zero-order chi connectivity index (χ0) is 17.4. The van der Waals surface area contributed by atoms with Gasteiger partial charge >= 0.3 is 11.8 Å². The topological polar surface area (TPSA) is 79.8 Å². The third kappa shape index (κ3) is 6.02. The number of carbonyl (C=O) groups excluding carboxylic acids is 2. The summed E-state index contributed by atoms with van der Waals surface area (Å²) in [7, 11) is 0. The molecule has 2 N–H and O–H groups in total. The Morgan fingerprint density at radius 1 is 1.12 bits per heavy atom. The van der Waals surface area contributed by atoms with Gasteiger partial charge in [0.15, 0.2) is 0 Å². The van der Waals surface area contributed by atoms with Crippen molar-refractivity contribution in [1.82, 2.24) is 10.7 Å². The van der Waals surface area contributed by atoms with Gasteiger partial charge in [-0.25, -0.2) is 5.43 Å². The number of carbonyl (C=O) groups is 2. The summed E-state index contributed by atoms with van der Waals surface area (Å²) in [6.45, 7) is 3.92. The van der Waals surface area contributed by atoms with Crippen LogP contribution in [0, 0.1) is 0 Å². The van der Waals surface area contributed by atoms with E-state index in [1.54, 1.807) is 0 Å². The molecular formula is C18H25N3O3. The van der Waals surface area contributed by atoms with Crippen LogP contribution in [0.2, 0.25) is 0 Å². The molecule has 0 heterocycles. The summed E-state index contributed by atoms with van der Waals surface area (Å²) >= 11 is 0. The van der Waals surface area contributed by atoms with E-state index in [-0.39, 0.29) is 12.1 Å². The highest BCUT2D eigenvalue weighted by atomic mass is 16.5. The van der Waals surface area contributed by atoms with Crippen LogP contribution in [0.25, 0.3) is 0 Å². The molecule has 0 bridgehead atoms. The smallest absolute Gasteiger partial charge is 0.329 e. The number of hydrogen-bond acceptors (Lipinski definition) is 4. The van der Waals surface area contributed by atoms with Crippen LogP contribution in [0.15, 0.2) is 29.4 Å². The highest BCUT2D eigenvalue weighted by molar-refractivity contribution is 6.35. The van der Waals surface area contributed by atoms with E-state index in [0.29, 0.717) is 0 Å². The number of benzene rings is 1. The summed E-state index contributed by atoms with van der Waals surface area (Å²) in [4.78, 5) is 23.5. The zero-order valence-corrected chi connectivity index (χ0v) is 14.2. The molecular weight excluding hydrogens is 306 g/mol. The van der Waals surface area contributed by atoms with E-state index in [1.165, 1.54) is 12.6 Å². The molecule has 0 aliphatic heterocycles. The second-order valence-electron chi connectivity index (χ2n) is 6.24. The van der Waals surface area contributed by atoms with Gasteiger partial charge in [0.25, 0.3) is 0 Å². The van der Waals surface area contributed by atoms with Gasteiger partial charge in [-0.15, -0.1) is 0 Å². The quantitative estimate of drug-likeness (QED) is 0.494. The fourth-order valence-corrected chi connectivity index (χ4v) is 2.62. The zero-order valence-electron chi connectivity index (χ0n) is 14.2. The predicted molar refractivity (Wildman–Crippen MR) is 93.0 cm³/mol. The van der Waals surface area contributed by atoms with E-state index in [9.17, 15) is 9.59 Å². The Balaban J connectivity index is 1.77. The van der Waals surface area contributed by atoms with E-state index in [0.717, 1.165) is 37.0 Å². The lowest BCUT2D eigenvalue weighted by Gasteiger charge is -2.22. The van der Waals surface area contributed by atoms with Crippen LogP contribution >= 0.6 is 0 Å². The van der Waals surface area contributed by atoms with Crippen LogP contribution in [0.5, 0.6) is 5.75 Å². The lowest BCUT2D eigenvalue weighted by molar-refractivity contribution is -0.139. The molecule has 24 heavy (non-hydrogen) atoms. The molecule has 1 aliphatic carbocycles. The van der Waals surface area contributed by atoms with E-state index in [4.69, 9.17) is 4.74 Å². The molecule has 0 spiro atoms. The number of amides is 2. The Bertz CT molecular complexity index is 576. The molecule has 2 amide bonds. The largest absolute Gasteiger partial charge is 0.491 e. The van der Waals surface area contributed by atoms with Crippen molar-refractivity contribution >= 4 is 18.0 Å². The summed E-state index contributed by atoms with van der Waals surface area (Å²) in [6.07, 6.45) is 6.88. The van der Waals surface area contributed by atoms with Crippen LogP contribution < -0.4 is 15.5 Å². The van der Waals surface area contributed by atoms with Crippen molar-refractivity contribution in [2.45, 2.75) is 58.1 Å². The van der Waals surface area contributed by atoms with Crippen molar-refractivity contribution in [3.8, 4) is 5.75 Å². The molecule has 0 radical (unpaired) electrons. The average Bonchev–Trinajstić information content (AvgIpc) is 2.56. The molecule has 0 atom stereocenters. The van der Waals surface area contributed by atoms with Crippen molar-refractivity contribution < 1.29 is 14.3 Å². The second-order valence-corrected chi connectivity index (χ2v) is 6.24. The van der Waals surface area contributed by atoms with Crippen LogP contribution in [-0.2, 0) is 9.59 Å². The Hall–Kier alpha value is -2.37. The van der Waals surface area contributed by atoms with Gasteiger partial charge in [0, 0.05) is 6.04 Å². The molecule has 1 saturated carbocycles. The molecule has 130 valence electrons. The molecule has 6 nitrogen and oxygen atoms in total. The van der Waals surface area contributed by atoms with Crippen LogP contribution in [-0.4, -0.2) is 30.2 Å². The molecule has 1 aliphatic rings. The highest BCUT2D eigenvalue weighted by Crippen LogP contribution is 2.17. The fourth-order valence-electron chi connectivity index (χ4n) is 2.62. The van der Waals surface area contributed by atoms with Gasteiger partial charge < -0.3 is 10.1 Å². The number of nitrogens with zero attached hydrogens (tertiary/aromatic N) is 1. The number of nitrogens with one attached hydrogen (secondary N) is 2. The molecule has 0 unspecified atom stereocenters. The standard InChI is InChI=1S/C18H25N3O3/c1-13(2)24-16-10-8-14(9-11-16)12-19-21-18(23)17(22)20-15-6-4-3-5-7-15/h8-13,15H,3-7H2,1-2H3,(H,20,22)(H,21,23)/b19-12-. The summed E-state index contributed by atoms with van der Waals surface area (Å²) < 4.78 is 5.55. The average molecular weight is 331 g/mol. The normalized spacial score (nSPS) is 15.5. The van der Waals surface area contributed by atoms with E-state index in [1.807, 2.05) is 38.1 Å². The second kappa shape index (κ2) is 9.05. The highest BCUT2D eigenvalue weighted by Gasteiger charge is 2.19. The van der Waals surface area contributed by atoms with Crippen molar-refractivity contribution in [1.29, 1.82) is 0 Å². The van der Waals surface area contributed by atoms with Crippen molar-refractivity contribution in [3.63, 3.8) is 0 Å². The minimum atomic E-state index is -0.739. The summed E-state index contributed by atoms with van der Waals surface area (Å²) in [5.74, 6) is -0.589. The first-order valence-corrected chi connectivity index (χ1v) is 8.45. The van der Waals surface area contributed by atoms with E-state index < -0.39 is 11.8 Å². The lowest BCUT2D eigenvalue weighted by atomic mass is 9.95. The van der Waals surface area contributed by atoms with Gasteiger partial charge in [0.2, 0.25) is 0 Å². The lowest BCUT2D eigenvalue weighted by Crippen LogP contribution is -2.44. The Kier molecular flexibility index (Phi) is 6.78. The van der Waals surface area contributed by atoms with Crippen molar-refractivity contribution in [2.75, 3.05) is 0 Å². The maximum atomic E-state index is 11.8. The van der Waals surface area contributed by atoms with Crippen molar-refractivity contribution in [2.24, 2.45) is 5.10 Å². The molecule has 1 aromatic carbocycles. The monoisotopic (exact) mass is 331 g/mol. The Morgan fingerprint density at radius 3 is 2.42 bits per heavy atom. The summed E-state index contributed by atoms with van der Waals surface area (Å²) in [6, 6.07) is 7.43. The molecule has 1 fully saturated rings. The van der Waals surface area contributed by atoms with Crippen LogP contribution in [0.3, 0.4) is 0 Å². The first kappa shape index (κ1) is 18.0.